The van der Waals surface area contributed by atoms with Crippen molar-refractivity contribution in [3.63, 3.8) is 0 Å². The van der Waals surface area contributed by atoms with Gasteiger partial charge >= 0.3 is 11.9 Å². The Morgan fingerprint density at radius 2 is 2.00 bits per heavy atom. The normalized spacial score (nSPS) is 12.0. The Hall–Kier alpha value is -2.08. The Morgan fingerprint density at radius 1 is 1.33 bits per heavy atom. The van der Waals surface area contributed by atoms with E-state index in [2.05, 4.69) is 4.74 Å². The largest absolute Gasteiger partial charge is 0.508 e. The van der Waals surface area contributed by atoms with Crippen molar-refractivity contribution in [1.82, 2.24) is 0 Å². The standard InChI is InChI=1S/C15H21NO5/c1-9(2)21-15(19)14(16)12-8-11(17)6-4-10(12)5-7-13(18)20-3/h4,6,8-9,14,17H,5,7,16H2,1-3H3. The van der Waals surface area contributed by atoms with E-state index in [0.717, 1.165) is 0 Å². The zero-order chi connectivity index (χ0) is 16.0. The van der Waals surface area contributed by atoms with Crippen molar-refractivity contribution in [3.05, 3.63) is 29.3 Å². The second-order valence-corrected chi connectivity index (χ2v) is 4.92. The summed E-state index contributed by atoms with van der Waals surface area (Å²) in [5.74, 6) is -0.929. The minimum Gasteiger partial charge on any atom is -0.508 e. The highest BCUT2D eigenvalue weighted by Gasteiger charge is 2.22. The number of hydrogen-bond donors (Lipinski definition) is 2. The first-order valence-corrected chi connectivity index (χ1v) is 6.69. The quantitative estimate of drug-likeness (QED) is 0.771. The number of methoxy groups -OCH3 is 1. The SMILES string of the molecule is COC(=O)CCc1ccc(O)cc1C(N)C(=O)OC(C)C. The van der Waals surface area contributed by atoms with Gasteiger partial charge in [-0.1, -0.05) is 6.07 Å². The third-order valence-electron chi connectivity index (χ3n) is 2.90. The number of rotatable bonds is 6. The molecule has 0 aromatic heterocycles. The van der Waals surface area contributed by atoms with E-state index in [1.807, 2.05) is 0 Å². The zero-order valence-corrected chi connectivity index (χ0v) is 12.5. The van der Waals surface area contributed by atoms with Crippen LogP contribution in [0.25, 0.3) is 0 Å². The van der Waals surface area contributed by atoms with Gasteiger partial charge in [-0.25, -0.2) is 4.79 Å². The first-order valence-electron chi connectivity index (χ1n) is 6.69. The maximum Gasteiger partial charge on any atom is 0.327 e. The summed E-state index contributed by atoms with van der Waals surface area (Å²) >= 11 is 0. The Balaban J connectivity index is 2.95. The summed E-state index contributed by atoms with van der Waals surface area (Å²) < 4.78 is 9.66. The lowest BCUT2D eigenvalue weighted by Gasteiger charge is -2.17. The number of aromatic hydroxyl groups is 1. The molecule has 1 atom stereocenters. The lowest BCUT2D eigenvalue weighted by Crippen LogP contribution is -2.27. The molecule has 0 aliphatic rings. The van der Waals surface area contributed by atoms with E-state index in [0.29, 0.717) is 17.5 Å². The molecule has 0 aliphatic heterocycles. The summed E-state index contributed by atoms with van der Waals surface area (Å²) in [6.07, 6.45) is 0.255. The average Bonchev–Trinajstić information content (AvgIpc) is 2.43. The molecular formula is C15H21NO5. The maximum atomic E-state index is 11.9. The number of aryl methyl sites for hydroxylation is 1. The molecule has 6 heteroatoms. The fraction of sp³-hybridized carbons (Fsp3) is 0.467. The number of carbonyl (C=O) groups is 2. The monoisotopic (exact) mass is 295 g/mol. The van der Waals surface area contributed by atoms with E-state index < -0.39 is 12.0 Å². The van der Waals surface area contributed by atoms with E-state index in [9.17, 15) is 14.7 Å². The van der Waals surface area contributed by atoms with Crippen LogP contribution in [0.4, 0.5) is 0 Å². The van der Waals surface area contributed by atoms with Gasteiger partial charge in [-0.15, -0.1) is 0 Å². The molecule has 0 saturated heterocycles. The van der Waals surface area contributed by atoms with Gasteiger partial charge in [0.1, 0.15) is 11.8 Å². The molecular weight excluding hydrogens is 274 g/mol. The Morgan fingerprint density at radius 3 is 2.57 bits per heavy atom. The molecule has 0 radical (unpaired) electrons. The van der Waals surface area contributed by atoms with Crippen molar-refractivity contribution < 1.29 is 24.2 Å². The molecule has 21 heavy (non-hydrogen) atoms. The van der Waals surface area contributed by atoms with Crippen molar-refractivity contribution in [2.75, 3.05) is 7.11 Å². The van der Waals surface area contributed by atoms with Gasteiger partial charge in [0.15, 0.2) is 0 Å². The summed E-state index contributed by atoms with van der Waals surface area (Å²) in [7, 11) is 1.31. The first kappa shape index (κ1) is 17.0. The highest BCUT2D eigenvalue weighted by atomic mass is 16.5. The zero-order valence-electron chi connectivity index (χ0n) is 12.5. The summed E-state index contributed by atoms with van der Waals surface area (Å²) in [6, 6.07) is 3.53. The second-order valence-electron chi connectivity index (χ2n) is 4.92. The minimum atomic E-state index is -1.01. The fourth-order valence-electron chi connectivity index (χ4n) is 1.87. The van der Waals surface area contributed by atoms with Gasteiger partial charge in [-0.2, -0.15) is 0 Å². The first-order chi connectivity index (χ1) is 9.85. The van der Waals surface area contributed by atoms with E-state index in [1.54, 1.807) is 19.9 Å². The Kier molecular flexibility index (Phi) is 6.17. The van der Waals surface area contributed by atoms with Gasteiger partial charge < -0.3 is 20.3 Å². The van der Waals surface area contributed by atoms with Gasteiger partial charge in [-0.3, -0.25) is 4.79 Å². The van der Waals surface area contributed by atoms with Crippen LogP contribution in [0.5, 0.6) is 5.75 Å². The van der Waals surface area contributed by atoms with Gasteiger partial charge in [0.25, 0.3) is 0 Å². The molecule has 1 aromatic rings. The highest BCUT2D eigenvalue weighted by molar-refractivity contribution is 5.78. The smallest absolute Gasteiger partial charge is 0.327 e. The summed E-state index contributed by atoms with van der Waals surface area (Å²) in [6.45, 7) is 3.45. The van der Waals surface area contributed by atoms with Crippen LogP contribution < -0.4 is 5.73 Å². The van der Waals surface area contributed by atoms with Gasteiger partial charge in [0.05, 0.1) is 13.2 Å². The number of carbonyl (C=O) groups excluding carboxylic acids is 2. The summed E-state index contributed by atoms with van der Waals surface area (Å²) in [4.78, 5) is 23.1. The highest BCUT2D eigenvalue weighted by Crippen LogP contribution is 2.24. The number of nitrogens with two attached hydrogens (primary N) is 1. The van der Waals surface area contributed by atoms with Crippen LogP contribution >= 0.6 is 0 Å². The van der Waals surface area contributed by atoms with Gasteiger partial charge in [0.2, 0.25) is 0 Å². The number of esters is 2. The molecule has 0 heterocycles. The molecule has 1 unspecified atom stereocenters. The number of ether oxygens (including phenoxy) is 2. The average molecular weight is 295 g/mol. The lowest BCUT2D eigenvalue weighted by molar-refractivity contribution is -0.149. The van der Waals surface area contributed by atoms with Crippen molar-refractivity contribution >= 4 is 11.9 Å². The maximum absolute atomic E-state index is 11.9. The second kappa shape index (κ2) is 7.64. The molecule has 1 rings (SSSR count). The molecule has 0 amide bonds. The molecule has 0 aliphatic carbocycles. The third kappa shape index (κ3) is 5.07. The van der Waals surface area contributed by atoms with Crippen LogP contribution in [0.2, 0.25) is 0 Å². The van der Waals surface area contributed by atoms with Crippen molar-refractivity contribution in [1.29, 1.82) is 0 Å². The van der Waals surface area contributed by atoms with E-state index >= 15 is 0 Å². The molecule has 0 saturated carbocycles. The summed E-state index contributed by atoms with van der Waals surface area (Å²) in [5, 5.41) is 9.57. The predicted molar refractivity (Wildman–Crippen MR) is 76.6 cm³/mol. The van der Waals surface area contributed by atoms with Crippen molar-refractivity contribution in [2.24, 2.45) is 5.73 Å². The number of phenols is 1. The third-order valence-corrected chi connectivity index (χ3v) is 2.90. The molecule has 6 nitrogen and oxygen atoms in total. The summed E-state index contributed by atoms with van der Waals surface area (Å²) in [5.41, 5.74) is 7.04. The molecule has 0 spiro atoms. The number of hydrogen-bond acceptors (Lipinski definition) is 6. The van der Waals surface area contributed by atoms with Crippen LogP contribution in [0.3, 0.4) is 0 Å². The van der Waals surface area contributed by atoms with Crippen LogP contribution in [-0.4, -0.2) is 30.3 Å². The van der Waals surface area contributed by atoms with E-state index in [1.165, 1.54) is 19.2 Å². The Labute approximate surface area is 123 Å². The van der Waals surface area contributed by atoms with Crippen LogP contribution in [-0.2, 0) is 25.5 Å². The molecule has 0 bridgehead atoms. The topological polar surface area (TPSA) is 98.9 Å². The van der Waals surface area contributed by atoms with E-state index in [-0.39, 0.29) is 24.2 Å². The predicted octanol–water partition coefficient (Wildman–Crippen LogP) is 1.45. The molecule has 3 N–H and O–H groups in total. The molecule has 1 aromatic carbocycles. The number of benzene rings is 1. The van der Waals surface area contributed by atoms with Crippen LogP contribution in [0.1, 0.15) is 37.4 Å². The Bertz CT molecular complexity index is 513. The molecule has 116 valence electrons. The lowest BCUT2D eigenvalue weighted by atomic mass is 9.97. The van der Waals surface area contributed by atoms with Crippen LogP contribution in [0.15, 0.2) is 18.2 Å². The molecule has 0 fully saturated rings. The van der Waals surface area contributed by atoms with Crippen LogP contribution in [0, 0.1) is 0 Å². The van der Waals surface area contributed by atoms with Gasteiger partial charge in [-0.05, 0) is 43.5 Å². The fourth-order valence-corrected chi connectivity index (χ4v) is 1.87. The number of phenolic OH excluding ortho intramolecular Hbond substituents is 1. The van der Waals surface area contributed by atoms with Crippen molar-refractivity contribution in [2.45, 2.75) is 38.8 Å². The van der Waals surface area contributed by atoms with Crippen molar-refractivity contribution in [3.8, 4) is 5.75 Å². The van der Waals surface area contributed by atoms with Gasteiger partial charge in [0, 0.05) is 6.42 Å². The van der Waals surface area contributed by atoms with E-state index in [4.69, 9.17) is 10.5 Å². The minimum absolute atomic E-state index is 0.000356.